The second kappa shape index (κ2) is 8.42. The van der Waals surface area contributed by atoms with Crippen molar-refractivity contribution in [2.75, 3.05) is 18.6 Å². The second-order valence-electron chi connectivity index (χ2n) is 3.51. The quantitative estimate of drug-likeness (QED) is 0.391. The van der Waals surface area contributed by atoms with Crippen molar-refractivity contribution >= 4 is 17.6 Å². The third kappa shape index (κ3) is 8.16. The Balaban J connectivity index is 3.29. The third-order valence-corrected chi connectivity index (χ3v) is 2.59. The maximum Gasteiger partial charge on any atom is 0.0962 e. The van der Waals surface area contributed by atoms with Gasteiger partial charge in [-0.1, -0.05) is 20.3 Å². The van der Waals surface area contributed by atoms with Crippen LogP contribution < -0.4 is 5.73 Å². The molecule has 3 heteroatoms. The van der Waals surface area contributed by atoms with E-state index in [1.165, 1.54) is 25.0 Å². The Morgan fingerprint density at radius 1 is 1.31 bits per heavy atom. The molecule has 0 aliphatic heterocycles. The molecule has 0 bridgehead atoms. The van der Waals surface area contributed by atoms with E-state index in [0.717, 1.165) is 12.4 Å². The number of unbranched alkanes of at least 4 members (excludes halogenated alkanes) is 2. The molecular weight excluding hydrogens is 180 g/mol. The zero-order chi connectivity index (χ0) is 10.1. The summed E-state index contributed by atoms with van der Waals surface area (Å²) in [6, 6.07) is 0. The Morgan fingerprint density at radius 2 is 2.00 bits per heavy atom. The van der Waals surface area contributed by atoms with E-state index in [9.17, 15) is 0 Å². The van der Waals surface area contributed by atoms with Crippen LogP contribution in [0.15, 0.2) is 4.99 Å². The van der Waals surface area contributed by atoms with Gasteiger partial charge in [0, 0.05) is 12.5 Å². The Morgan fingerprint density at radius 3 is 2.54 bits per heavy atom. The van der Waals surface area contributed by atoms with Crippen LogP contribution >= 0.6 is 11.8 Å². The van der Waals surface area contributed by atoms with E-state index in [-0.39, 0.29) is 0 Å². The first kappa shape index (κ1) is 12.8. The molecule has 2 nitrogen and oxygen atoms in total. The number of nitrogens with two attached hydrogens (primary N) is 1. The molecule has 0 saturated heterocycles. The summed E-state index contributed by atoms with van der Waals surface area (Å²) in [5, 5.41) is 0. The highest BCUT2D eigenvalue weighted by atomic mass is 32.2. The number of amidine groups is 1. The van der Waals surface area contributed by atoms with Crippen molar-refractivity contribution in [3.05, 3.63) is 0 Å². The van der Waals surface area contributed by atoms with Gasteiger partial charge in [-0.15, -0.1) is 0 Å². The predicted molar refractivity (Wildman–Crippen MR) is 63.6 cm³/mol. The highest BCUT2D eigenvalue weighted by molar-refractivity contribution is 7.98. The molecule has 0 aromatic rings. The summed E-state index contributed by atoms with van der Waals surface area (Å²) in [6.07, 6.45) is 5.90. The fourth-order valence-corrected chi connectivity index (χ4v) is 1.42. The standard InChI is InChI=1S/C10H22N2S/c1-9(2)10(11)12-7-5-4-6-8-13-3/h9H,4-8H2,1-3H3,(H2,11,12). The first-order valence-corrected chi connectivity index (χ1v) is 6.36. The second-order valence-corrected chi connectivity index (χ2v) is 4.50. The van der Waals surface area contributed by atoms with Crippen LogP contribution in [0.3, 0.4) is 0 Å². The largest absolute Gasteiger partial charge is 0.387 e. The van der Waals surface area contributed by atoms with Gasteiger partial charge in [-0.3, -0.25) is 4.99 Å². The summed E-state index contributed by atoms with van der Waals surface area (Å²) in [5.74, 6) is 2.46. The van der Waals surface area contributed by atoms with Gasteiger partial charge < -0.3 is 5.73 Å². The zero-order valence-electron chi connectivity index (χ0n) is 9.05. The fourth-order valence-electron chi connectivity index (χ4n) is 0.926. The molecule has 0 fully saturated rings. The van der Waals surface area contributed by atoms with E-state index in [1.54, 1.807) is 0 Å². The Hall–Kier alpha value is -0.180. The van der Waals surface area contributed by atoms with Crippen molar-refractivity contribution in [3.8, 4) is 0 Å². The highest BCUT2D eigenvalue weighted by Gasteiger charge is 1.96. The van der Waals surface area contributed by atoms with Crippen LogP contribution in [0.5, 0.6) is 0 Å². The van der Waals surface area contributed by atoms with Crippen LogP contribution in [-0.4, -0.2) is 24.4 Å². The summed E-state index contributed by atoms with van der Waals surface area (Å²) in [7, 11) is 0. The van der Waals surface area contributed by atoms with E-state index in [1.807, 2.05) is 11.8 Å². The lowest BCUT2D eigenvalue weighted by Crippen LogP contribution is -2.19. The van der Waals surface area contributed by atoms with Gasteiger partial charge >= 0.3 is 0 Å². The lowest BCUT2D eigenvalue weighted by molar-refractivity contribution is 0.726. The molecule has 0 aromatic heterocycles. The number of aliphatic imine (C=N–C) groups is 1. The molecule has 0 aromatic carbocycles. The minimum atomic E-state index is 0.395. The molecule has 0 heterocycles. The number of thioether (sulfide) groups is 1. The third-order valence-electron chi connectivity index (χ3n) is 1.89. The van der Waals surface area contributed by atoms with Crippen LogP contribution in [0.1, 0.15) is 33.1 Å². The average molecular weight is 202 g/mol. The smallest absolute Gasteiger partial charge is 0.0962 e. The summed E-state index contributed by atoms with van der Waals surface area (Å²) >= 11 is 1.91. The van der Waals surface area contributed by atoms with E-state index >= 15 is 0 Å². The minimum absolute atomic E-state index is 0.395. The van der Waals surface area contributed by atoms with Gasteiger partial charge in [0.25, 0.3) is 0 Å². The van der Waals surface area contributed by atoms with Crippen LogP contribution in [0.4, 0.5) is 0 Å². The van der Waals surface area contributed by atoms with Gasteiger partial charge in [0.05, 0.1) is 5.84 Å². The van der Waals surface area contributed by atoms with Crippen molar-refractivity contribution < 1.29 is 0 Å². The van der Waals surface area contributed by atoms with Gasteiger partial charge in [-0.05, 0) is 24.9 Å². The van der Waals surface area contributed by atoms with Gasteiger partial charge in [0.15, 0.2) is 0 Å². The predicted octanol–water partition coefficient (Wildman–Crippen LogP) is 2.53. The van der Waals surface area contributed by atoms with Crippen LogP contribution in [0.2, 0.25) is 0 Å². The average Bonchev–Trinajstić information content (AvgIpc) is 2.10. The molecule has 0 atom stereocenters. The monoisotopic (exact) mass is 202 g/mol. The van der Waals surface area contributed by atoms with Crippen LogP contribution in [-0.2, 0) is 0 Å². The molecule has 0 spiro atoms. The molecule has 0 radical (unpaired) electrons. The van der Waals surface area contributed by atoms with Gasteiger partial charge in [0.2, 0.25) is 0 Å². The Bertz CT molecular complexity index is 144. The minimum Gasteiger partial charge on any atom is -0.387 e. The van der Waals surface area contributed by atoms with E-state index < -0.39 is 0 Å². The number of hydrogen-bond donors (Lipinski definition) is 1. The van der Waals surface area contributed by atoms with Crippen molar-refractivity contribution in [1.29, 1.82) is 0 Å². The number of rotatable bonds is 7. The van der Waals surface area contributed by atoms with Crippen molar-refractivity contribution in [2.45, 2.75) is 33.1 Å². The molecule has 13 heavy (non-hydrogen) atoms. The highest BCUT2D eigenvalue weighted by Crippen LogP contribution is 2.02. The summed E-state index contributed by atoms with van der Waals surface area (Å²) in [6.45, 7) is 5.05. The lowest BCUT2D eigenvalue weighted by atomic mass is 10.2. The van der Waals surface area contributed by atoms with E-state index in [0.29, 0.717) is 5.92 Å². The first-order valence-electron chi connectivity index (χ1n) is 4.97. The van der Waals surface area contributed by atoms with Gasteiger partial charge in [-0.25, -0.2) is 0 Å². The Kier molecular flexibility index (Phi) is 8.30. The lowest BCUT2D eigenvalue weighted by Gasteiger charge is -2.03. The molecule has 0 rings (SSSR count). The first-order chi connectivity index (χ1) is 6.18. The molecule has 2 N–H and O–H groups in total. The Labute approximate surface area is 86.4 Å². The summed E-state index contributed by atoms with van der Waals surface area (Å²) in [5.41, 5.74) is 5.70. The maximum atomic E-state index is 5.70. The molecule has 0 unspecified atom stereocenters. The van der Waals surface area contributed by atoms with Crippen molar-refractivity contribution in [1.82, 2.24) is 0 Å². The SMILES string of the molecule is CSCCCCCN=C(N)C(C)C. The topological polar surface area (TPSA) is 38.4 Å². The normalized spacial score (nSPS) is 12.5. The van der Waals surface area contributed by atoms with Crippen LogP contribution in [0.25, 0.3) is 0 Å². The van der Waals surface area contributed by atoms with Crippen molar-refractivity contribution in [2.24, 2.45) is 16.6 Å². The molecule has 0 aliphatic rings. The van der Waals surface area contributed by atoms with Crippen molar-refractivity contribution in [3.63, 3.8) is 0 Å². The van der Waals surface area contributed by atoms with Gasteiger partial charge in [-0.2, -0.15) is 11.8 Å². The number of nitrogens with zero attached hydrogens (tertiary/aromatic N) is 1. The number of hydrogen-bond acceptors (Lipinski definition) is 2. The fraction of sp³-hybridized carbons (Fsp3) is 0.900. The van der Waals surface area contributed by atoms with Crippen LogP contribution in [0, 0.1) is 5.92 Å². The maximum absolute atomic E-state index is 5.70. The molecule has 0 aliphatic carbocycles. The molecule has 0 saturated carbocycles. The van der Waals surface area contributed by atoms with Gasteiger partial charge in [0.1, 0.15) is 0 Å². The molecule has 78 valence electrons. The van der Waals surface area contributed by atoms with E-state index in [2.05, 4.69) is 25.1 Å². The van der Waals surface area contributed by atoms with E-state index in [4.69, 9.17) is 5.73 Å². The zero-order valence-corrected chi connectivity index (χ0v) is 9.86. The summed E-state index contributed by atoms with van der Waals surface area (Å²) in [4.78, 5) is 4.31. The summed E-state index contributed by atoms with van der Waals surface area (Å²) < 4.78 is 0. The molecular formula is C10H22N2S. The molecule has 0 amide bonds.